The molecule has 0 spiro atoms. The van der Waals surface area contributed by atoms with Crippen LogP contribution in [0.4, 0.5) is 0 Å². The fourth-order valence-electron chi connectivity index (χ4n) is 2.44. The molecule has 0 aliphatic heterocycles. The van der Waals surface area contributed by atoms with Crippen LogP contribution in [0, 0.1) is 5.92 Å². The molecule has 1 unspecified atom stereocenters. The Labute approximate surface area is 106 Å². The summed E-state index contributed by atoms with van der Waals surface area (Å²) < 4.78 is 1.10. The zero-order chi connectivity index (χ0) is 11.6. The first-order chi connectivity index (χ1) is 7.57. The lowest BCUT2D eigenvalue weighted by molar-refractivity contribution is 0.0203. The van der Waals surface area contributed by atoms with E-state index in [2.05, 4.69) is 22.0 Å². The second kappa shape index (κ2) is 4.89. The van der Waals surface area contributed by atoms with Gasteiger partial charge in [-0.3, -0.25) is 0 Å². The van der Waals surface area contributed by atoms with Crippen molar-refractivity contribution in [3.63, 3.8) is 0 Å². The van der Waals surface area contributed by atoms with Gasteiger partial charge in [0.05, 0.1) is 5.60 Å². The third-order valence-electron chi connectivity index (χ3n) is 3.48. The van der Waals surface area contributed by atoms with Crippen molar-refractivity contribution in [2.75, 3.05) is 0 Å². The van der Waals surface area contributed by atoms with Crippen molar-refractivity contribution in [2.24, 2.45) is 5.92 Å². The smallest absolute Gasteiger partial charge is 0.0663 e. The summed E-state index contributed by atoms with van der Waals surface area (Å²) in [4.78, 5) is 0. The van der Waals surface area contributed by atoms with E-state index in [9.17, 15) is 5.11 Å². The van der Waals surface area contributed by atoms with Gasteiger partial charge in [-0.2, -0.15) is 0 Å². The van der Waals surface area contributed by atoms with Gasteiger partial charge in [0.2, 0.25) is 0 Å². The van der Waals surface area contributed by atoms with Crippen LogP contribution in [0.3, 0.4) is 0 Å². The third kappa shape index (κ3) is 3.08. The molecule has 88 valence electrons. The number of rotatable bonds is 4. The lowest BCUT2D eigenvalue weighted by atomic mass is 9.76. The summed E-state index contributed by atoms with van der Waals surface area (Å²) in [6, 6.07) is 8.15. The minimum atomic E-state index is -0.561. The Hall–Kier alpha value is -0.340. The number of benzene rings is 1. The van der Waals surface area contributed by atoms with E-state index >= 15 is 0 Å². The molecule has 0 amide bonds. The summed E-state index contributed by atoms with van der Waals surface area (Å²) >= 11 is 3.54. The quantitative estimate of drug-likeness (QED) is 0.887. The molecule has 1 saturated carbocycles. The standard InChI is InChI=1S/C14H19BrO/c1-14(16,9-11-5-4-6-11)10-12-7-2-3-8-13(12)15/h2-3,7-8,11,16H,4-6,9-10H2,1H3. The molecule has 0 radical (unpaired) electrons. The zero-order valence-corrected chi connectivity index (χ0v) is 11.3. The van der Waals surface area contributed by atoms with E-state index < -0.39 is 5.60 Å². The van der Waals surface area contributed by atoms with Crippen molar-refractivity contribution >= 4 is 15.9 Å². The van der Waals surface area contributed by atoms with Crippen molar-refractivity contribution in [3.8, 4) is 0 Å². The number of hydrogen-bond donors (Lipinski definition) is 1. The predicted octanol–water partition coefficient (Wildman–Crippen LogP) is 3.93. The predicted molar refractivity (Wildman–Crippen MR) is 70.4 cm³/mol. The maximum Gasteiger partial charge on any atom is 0.0663 e. The molecule has 1 N–H and O–H groups in total. The summed E-state index contributed by atoms with van der Waals surface area (Å²) in [5, 5.41) is 10.4. The fourth-order valence-corrected chi connectivity index (χ4v) is 2.87. The van der Waals surface area contributed by atoms with Crippen LogP contribution in [0.2, 0.25) is 0 Å². The first-order valence-electron chi connectivity index (χ1n) is 6.03. The van der Waals surface area contributed by atoms with Crippen LogP contribution in [0.25, 0.3) is 0 Å². The summed E-state index contributed by atoms with van der Waals surface area (Å²) in [6.07, 6.45) is 5.62. The maximum absolute atomic E-state index is 10.4. The van der Waals surface area contributed by atoms with Gasteiger partial charge in [-0.05, 0) is 30.9 Å². The Balaban J connectivity index is 1.99. The van der Waals surface area contributed by atoms with Crippen molar-refractivity contribution < 1.29 is 5.11 Å². The van der Waals surface area contributed by atoms with Gasteiger partial charge >= 0.3 is 0 Å². The summed E-state index contributed by atoms with van der Waals surface area (Å²) in [5.74, 6) is 0.748. The van der Waals surface area contributed by atoms with Crippen LogP contribution in [0.5, 0.6) is 0 Å². The van der Waals surface area contributed by atoms with E-state index in [0.29, 0.717) is 0 Å². The molecule has 1 aromatic carbocycles. The molecule has 0 aromatic heterocycles. The number of aliphatic hydroxyl groups is 1. The van der Waals surface area contributed by atoms with Crippen molar-refractivity contribution in [3.05, 3.63) is 34.3 Å². The molecule has 2 heteroatoms. The van der Waals surface area contributed by atoms with Gasteiger partial charge in [0.15, 0.2) is 0 Å². The molecule has 2 rings (SSSR count). The van der Waals surface area contributed by atoms with Crippen LogP contribution in [0.1, 0.15) is 38.2 Å². The third-order valence-corrected chi connectivity index (χ3v) is 4.26. The van der Waals surface area contributed by atoms with Crippen LogP contribution < -0.4 is 0 Å². The first-order valence-corrected chi connectivity index (χ1v) is 6.82. The normalized spacial score (nSPS) is 20.2. The highest BCUT2D eigenvalue weighted by Crippen LogP contribution is 2.35. The Morgan fingerprint density at radius 2 is 2.06 bits per heavy atom. The van der Waals surface area contributed by atoms with E-state index in [0.717, 1.165) is 23.2 Å². The second-order valence-corrected chi connectivity index (χ2v) is 6.12. The van der Waals surface area contributed by atoms with E-state index in [-0.39, 0.29) is 0 Å². The minimum absolute atomic E-state index is 0.561. The second-order valence-electron chi connectivity index (χ2n) is 5.27. The number of hydrogen-bond acceptors (Lipinski definition) is 1. The molecule has 0 saturated heterocycles. The molecule has 1 fully saturated rings. The average molecular weight is 283 g/mol. The molecule has 1 nitrogen and oxygen atoms in total. The van der Waals surface area contributed by atoms with E-state index in [1.807, 2.05) is 25.1 Å². The van der Waals surface area contributed by atoms with Crippen molar-refractivity contribution in [1.82, 2.24) is 0 Å². The highest BCUT2D eigenvalue weighted by atomic mass is 79.9. The SMILES string of the molecule is CC(O)(Cc1ccccc1Br)CC1CCC1. The molecule has 1 aliphatic rings. The monoisotopic (exact) mass is 282 g/mol. The first kappa shape index (κ1) is 12.1. The molecule has 1 aliphatic carbocycles. The van der Waals surface area contributed by atoms with Gasteiger partial charge < -0.3 is 5.11 Å². The molecule has 16 heavy (non-hydrogen) atoms. The Morgan fingerprint density at radius 3 is 2.62 bits per heavy atom. The average Bonchev–Trinajstić information content (AvgIpc) is 2.16. The van der Waals surface area contributed by atoms with Gasteiger partial charge in [-0.1, -0.05) is 53.4 Å². The van der Waals surface area contributed by atoms with Crippen molar-refractivity contribution in [1.29, 1.82) is 0 Å². The lowest BCUT2D eigenvalue weighted by Crippen LogP contribution is -2.32. The topological polar surface area (TPSA) is 20.2 Å². The fraction of sp³-hybridized carbons (Fsp3) is 0.571. The van der Waals surface area contributed by atoms with Gasteiger partial charge in [-0.15, -0.1) is 0 Å². The summed E-state index contributed by atoms with van der Waals surface area (Å²) in [5.41, 5.74) is 0.640. The summed E-state index contributed by atoms with van der Waals surface area (Å²) in [7, 11) is 0. The van der Waals surface area contributed by atoms with Gasteiger partial charge in [-0.25, -0.2) is 0 Å². The Bertz CT molecular complexity index is 356. The van der Waals surface area contributed by atoms with Crippen LogP contribution in [-0.2, 0) is 6.42 Å². The van der Waals surface area contributed by atoms with E-state index in [1.165, 1.54) is 24.8 Å². The maximum atomic E-state index is 10.4. The molecular formula is C14H19BrO. The van der Waals surface area contributed by atoms with Gasteiger partial charge in [0.25, 0.3) is 0 Å². The largest absolute Gasteiger partial charge is 0.390 e. The molecule has 1 atom stereocenters. The van der Waals surface area contributed by atoms with Crippen LogP contribution in [0.15, 0.2) is 28.7 Å². The van der Waals surface area contributed by atoms with E-state index in [4.69, 9.17) is 0 Å². The summed E-state index contributed by atoms with van der Waals surface area (Å²) in [6.45, 7) is 1.96. The van der Waals surface area contributed by atoms with Crippen LogP contribution in [-0.4, -0.2) is 10.7 Å². The highest BCUT2D eigenvalue weighted by Gasteiger charge is 2.29. The van der Waals surface area contributed by atoms with Crippen molar-refractivity contribution in [2.45, 2.75) is 44.6 Å². The minimum Gasteiger partial charge on any atom is -0.390 e. The van der Waals surface area contributed by atoms with E-state index in [1.54, 1.807) is 0 Å². The lowest BCUT2D eigenvalue weighted by Gasteiger charge is -2.33. The zero-order valence-electron chi connectivity index (χ0n) is 9.75. The Morgan fingerprint density at radius 1 is 1.38 bits per heavy atom. The highest BCUT2D eigenvalue weighted by molar-refractivity contribution is 9.10. The molecule has 1 aromatic rings. The number of halogens is 1. The van der Waals surface area contributed by atoms with Gasteiger partial charge in [0.1, 0.15) is 0 Å². The van der Waals surface area contributed by atoms with Crippen LogP contribution >= 0.6 is 15.9 Å². The molecule has 0 bridgehead atoms. The molecular weight excluding hydrogens is 264 g/mol. The Kier molecular flexibility index (Phi) is 3.70. The molecule has 0 heterocycles. The van der Waals surface area contributed by atoms with Gasteiger partial charge in [0, 0.05) is 10.9 Å².